The molecule has 2 aromatic rings. The van der Waals surface area contributed by atoms with Crippen LogP contribution in [0.1, 0.15) is 22.9 Å². The molecule has 0 fully saturated rings. The van der Waals surface area contributed by atoms with Crippen molar-refractivity contribution >= 4 is 29.3 Å². The van der Waals surface area contributed by atoms with Crippen molar-refractivity contribution in [3.05, 3.63) is 53.1 Å². The maximum Gasteiger partial charge on any atom is 1.00 e. The van der Waals surface area contributed by atoms with Gasteiger partial charge >= 0.3 is 19.3 Å². The Morgan fingerprint density at radius 2 is 1.36 bits per heavy atom. The smallest absolute Gasteiger partial charge is 0.505 e. The van der Waals surface area contributed by atoms with Gasteiger partial charge < -0.3 is 31.1 Å². The van der Waals surface area contributed by atoms with Crippen molar-refractivity contribution in [3.63, 3.8) is 0 Å². The molecule has 181 valence electrons. The largest absolute Gasteiger partial charge is 1.00 e. The first-order valence-electron chi connectivity index (χ1n) is 9.51. The molecule has 33 heavy (non-hydrogen) atoms. The normalized spacial score (nSPS) is 10.1. The van der Waals surface area contributed by atoms with Crippen molar-refractivity contribution in [1.82, 2.24) is 10.6 Å². The van der Waals surface area contributed by atoms with Crippen molar-refractivity contribution in [1.29, 1.82) is 0 Å². The number of carboxylic acids is 3. The summed E-state index contributed by atoms with van der Waals surface area (Å²) in [7, 11) is 0. The van der Waals surface area contributed by atoms with E-state index in [0.29, 0.717) is 24.5 Å². The van der Waals surface area contributed by atoms with Crippen molar-refractivity contribution in [3.8, 4) is 5.75 Å². The average Bonchev–Trinajstić information content (AvgIpc) is 2.74. The van der Waals surface area contributed by atoms with Crippen LogP contribution >= 0.6 is 0 Å². The number of nitrogens with zero attached hydrogens (tertiary/aromatic N) is 2. The number of carbonyl (C=O) groups is 3. The van der Waals surface area contributed by atoms with E-state index in [1.165, 1.54) is 12.1 Å². The Morgan fingerprint density at radius 1 is 0.848 bits per heavy atom. The minimum absolute atomic E-state index is 0. The van der Waals surface area contributed by atoms with E-state index in [0.717, 1.165) is 11.1 Å². The van der Waals surface area contributed by atoms with Gasteiger partial charge in [0.05, 0.1) is 24.3 Å². The van der Waals surface area contributed by atoms with Crippen molar-refractivity contribution in [2.75, 3.05) is 26.2 Å². The number of hydrogen-bond donors (Lipinski definition) is 6. The molecule has 0 bridgehead atoms. The minimum Gasteiger partial charge on any atom is -0.505 e. The van der Waals surface area contributed by atoms with E-state index in [4.69, 9.17) is 15.3 Å². The number of azo groups is 1. The molecule has 6 N–H and O–H groups in total. The van der Waals surface area contributed by atoms with E-state index in [-0.39, 0.29) is 42.6 Å². The van der Waals surface area contributed by atoms with Gasteiger partial charge in [0, 0.05) is 29.9 Å². The predicted molar refractivity (Wildman–Crippen MR) is 117 cm³/mol. The number of aryl methyl sites for hydroxylation is 1. The second-order valence-electron chi connectivity index (χ2n) is 6.57. The van der Waals surface area contributed by atoms with Gasteiger partial charge in [0.2, 0.25) is 0 Å². The molecule has 2 rings (SSSR count). The molecule has 1 radical (unpaired) electrons. The fraction of sp³-hybridized carbons (Fsp3) is 0.286. The first-order chi connectivity index (χ1) is 15.1. The number of aromatic hydroxyl groups is 1. The molecule has 0 atom stereocenters. The Morgan fingerprint density at radius 3 is 1.82 bits per heavy atom. The van der Waals surface area contributed by atoms with Gasteiger partial charge in [-0.15, -0.1) is 5.11 Å². The summed E-state index contributed by atoms with van der Waals surface area (Å²) in [6, 6.07) is 9.58. The SMILES string of the molecule is Cc1ccc(N=Nc2ccc(C(=O)O)cc2)c(O)c1C.O=C(O)CNCCNCC(=O)O.[Co].[H+]. The van der Waals surface area contributed by atoms with Crippen LogP contribution in [-0.4, -0.2) is 64.5 Å². The molecule has 0 spiro atoms. The molecule has 0 amide bonds. The maximum absolute atomic E-state index is 10.7. The second kappa shape index (κ2) is 15.5. The van der Waals surface area contributed by atoms with Gasteiger partial charge in [0.1, 0.15) is 11.4 Å². The summed E-state index contributed by atoms with van der Waals surface area (Å²) in [6.45, 7) is 4.40. The monoisotopic (exact) mass is 506 g/mol. The van der Waals surface area contributed by atoms with Crippen LogP contribution in [0.15, 0.2) is 46.6 Å². The number of aliphatic carboxylic acids is 2. The molecule has 0 aliphatic heterocycles. The first-order valence-corrected chi connectivity index (χ1v) is 9.51. The van der Waals surface area contributed by atoms with Crippen molar-refractivity contribution < 1.29 is 53.0 Å². The number of benzene rings is 2. The zero-order valence-electron chi connectivity index (χ0n) is 19.0. The third-order valence-corrected chi connectivity index (χ3v) is 4.10. The number of aromatic carboxylic acids is 1. The van der Waals surface area contributed by atoms with Crippen LogP contribution in [0.3, 0.4) is 0 Å². The Bertz CT molecular complexity index is 954. The van der Waals surface area contributed by atoms with Gasteiger partial charge in [-0.3, -0.25) is 9.59 Å². The Labute approximate surface area is 202 Å². The van der Waals surface area contributed by atoms with E-state index in [9.17, 15) is 19.5 Å². The maximum atomic E-state index is 10.7. The quantitative estimate of drug-likeness (QED) is 0.208. The molecule has 0 heterocycles. The molecule has 12 heteroatoms. The predicted octanol–water partition coefficient (Wildman–Crippen LogP) is 2.57. The van der Waals surface area contributed by atoms with E-state index < -0.39 is 17.9 Å². The molecule has 0 aliphatic carbocycles. The summed E-state index contributed by atoms with van der Waals surface area (Å²) in [6.07, 6.45) is 0. The number of phenolic OH excluding ortho intramolecular Hbond substituents is 1. The van der Waals surface area contributed by atoms with Crippen LogP contribution in [0.5, 0.6) is 5.75 Å². The molecule has 0 aromatic heterocycles. The van der Waals surface area contributed by atoms with Crippen LogP contribution < -0.4 is 10.6 Å². The van der Waals surface area contributed by atoms with Crippen LogP contribution in [0.25, 0.3) is 0 Å². The topological polar surface area (TPSA) is 181 Å². The molecule has 0 aliphatic rings. The third-order valence-electron chi connectivity index (χ3n) is 4.10. The molecule has 11 nitrogen and oxygen atoms in total. The fourth-order valence-corrected chi connectivity index (χ4v) is 2.22. The summed E-state index contributed by atoms with van der Waals surface area (Å²) in [5.41, 5.74) is 2.84. The van der Waals surface area contributed by atoms with Gasteiger partial charge in [-0.2, -0.15) is 5.11 Å². The number of nitrogens with one attached hydrogen (secondary N) is 2. The van der Waals surface area contributed by atoms with Crippen LogP contribution in [0.4, 0.5) is 11.4 Å². The number of carboxylic acid groups (broad SMARTS) is 3. The van der Waals surface area contributed by atoms with E-state index in [1.54, 1.807) is 18.2 Å². The van der Waals surface area contributed by atoms with Gasteiger partial charge in [-0.1, -0.05) is 6.07 Å². The van der Waals surface area contributed by atoms with Crippen molar-refractivity contribution in [2.24, 2.45) is 10.2 Å². The third kappa shape index (κ3) is 11.7. The minimum atomic E-state index is -0.986. The second-order valence-corrected chi connectivity index (χ2v) is 6.57. The number of phenols is 1. The van der Waals surface area contributed by atoms with Gasteiger partial charge in [-0.25, -0.2) is 4.79 Å². The zero-order chi connectivity index (χ0) is 24.1. The Balaban J connectivity index is 0. The summed E-state index contributed by atoms with van der Waals surface area (Å²) in [5.74, 6) is -2.72. The van der Waals surface area contributed by atoms with Gasteiger partial charge in [-0.05, 0) is 55.3 Å². The summed E-state index contributed by atoms with van der Waals surface area (Å²) in [4.78, 5) is 30.6. The summed E-state index contributed by atoms with van der Waals surface area (Å²) in [5, 5.41) is 48.3. The van der Waals surface area contributed by atoms with Gasteiger partial charge in [0.15, 0.2) is 0 Å². The molecule has 0 saturated carbocycles. The van der Waals surface area contributed by atoms with E-state index in [1.807, 2.05) is 19.9 Å². The van der Waals surface area contributed by atoms with Crippen LogP contribution in [0, 0.1) is 13.8 Å². The van der Waals surface area contributed by atoms with Crippen molar-refractivity contribution in [2.45, 2.75) is 13.8 Å². The molecule has 2 aromatic carbocycles. The average molecular weight is 506 g/mol. The van der Waals surface area contributed by atoms with Crippen LogP contribution in [0.2, 0.25) is 0 Å². The zero-order valence-corrected chi connectivity index (χ0v) is 19.1. The molecular formula is C21H27CoN4O7+. The number of hydrogen-bond acceptors (Lipinski definition) is 8. The van der Waals surface area contributed by atoms with E-state index in [2.05, 4.69) is 20.9 Å². The Hall–Kier alpha value is -3.32. The standard InChI is InChI=1S/C15H14N2O3.C6H12N2O4.Co/c1-9-3-8-13(14(18)10(9)2)17-16-12-6-4-11(5-7-12)15(19)20;9-5(10)3-7-1-2-8-4-6(11)12;/h3-8,18H,1-2H3,(H,19,20);7-8H,1-4H2,(H,9,10)(H,11,12);/p+1. The van der Waals surface area contributed by atoms with Crippen LogP contribution in [-0.2, 0) is 26.4 Å². The number of rotatable bonds is 10. The molecule has 0 saturated heterocycles. The fourth-order valence-electron chi connectivity index (χ4n) is 2.22. The molecule has 0 unspecified atom stereocenters. The van der Waals surface area contributed by atoms with Gasteiger partial charge in [0.25, 0.3) is 0 Å². The molecular weight excluding hydrogens is 479 g/mol. The first kappa shape index (κ1) is 29.7. The summed E-state index contributed by atoms with van der Waals surface area (Å²) < 4.78 is 0. The Kier molecular flexibility index (Phi) is 13.9. The summed E-state index contributed by atoms with van der Waals surface area (Å²) >= 11 is 0. The van der Waals surface area contributed by atoms with E-state index >= 15 is 0 Å².